The van der Waals surface area contributed by atoms with Crippen LogP contribution in [-0.2, 0) is 13.5 Å². The van der Waals surface area contributed by atoms with Gasteiger partial charge in [0.05, 0.1) is 6.61 Å². The molecule has 0 bridgehead atoms. The lowest BCUT2D eigenvalue weighted by molar-refractivity contribution is 0.273. The number of nitrogens with zero attached hydrogens (tertiary/aromatic N) is 2. The zero-order valence-corrected chi connectivity index (χ0v) is 12.6. The molecule has 1 aromatic heterocycles. The van der Waals surface area contributed by atoms with Gasteiger partial charge < -0.3 is 4.74 Å². The highest BCUT2D eigenvalue weighted by Gasteiger charge is 2.10. The molecule has 1 aromatic carbocycles. The number of ether oxygens (including phenoxy) is 1. The van der Waals surface area contributed by atoms with E-state index in [4.69, 9.17) is 4.74 Å². The van der Waals surface area contributed by atoms with E-state index in [9.17, 15) is 0 Å². The maximum absolute atomic E-state index is 5.94. The second-order valence-corrected chi connectivity index (χ2v) is 6.14. The quantitative estimate of drug-likeness (QED) is 0.817. The molecule has 0 unspecified atom stereocenters. The summed E-state index contributed by atoms with van der Waals surface area (Å²) in [5, 5.41) is 5.67. The van der Waals surface area contributed by atoms with Crippen molar-refractivity contribution >= 4 is 10.9 Å². The highest BCUT2D eigenvalue weighted by atomic mass is 16.5. The Kier molecular flexibility index (Phi) is 4.13. The summed E-state index contributed by atoms with van der Waals surface area (Å²) >= 11 is 0. The SMILES string of the molecule is CC(C)COc1cc(CC(C)C)cc2cn(C)nc12. The summed E-state index contributed by atoms with van der Waals surface area (Å²) in [5.74, 6) is 2.09. The molecule has 3 nitrogen and oxygen atoms in total. The molecule has 0 atom stereocenters. The van der Waals surface area contributed by atoms with Crippen molar-refractivity contribution in [2.75, 3.05) is 6.61 Å². The van der Waals surface area contributed by atoms with Crippen LogP contribution in [0.4, 0.5) is 0 Å². The van der Waals surface area contributed by atoms with Gasteiger partial charge in [0.25, 0.3) is 0 Å². The molecule has 0 aliphatic heterocycles. The predicted octanol–water partition coefficient (Wildman–Crippen LogP) is 3.81. The van der Waals surface area contributed by atoms with E-state index in [0.29, 0.717) is 11.8 Å². The van der Waals surface area contributed by atoms with E-state index in [0.717, 1.165) is 24.3 Å². The minimum atomic E-state index is 0.521. The van der Waals surface area contributed by atoms with Gasteiger partial charge in [0.15, 0.2) is 0 Å². The molecule has 1 heterocycles. The molecule has 0 spiro atoms. The van der Waals surface area contributed by atoms with Gasteiger partial charge in [0, 0.05) is 18.6 Å². The normalized spacial score (nSPS) is 11.7. The van der Waals surface area contributed by atoms with Crippen molar-refractivity contribution in [3.8, 4) is 5.75 Å². The Labute approximate surface area is 115 Å². The Bertz CT molecular complexity index is 555. The molecule has 2 aromatic rings. The van der Waals surface area contributed by atoms with Gasteiger partial charge in [0.2, 0.25) is 0 Å². The van der Waals surface area contributed by atoms with Gasteiger partial charge in [-0.25, -0.2) is 0 Å². The molecule has 0 N–H and O–H groups in total. The number of aromatic nitrogens is 2. The van der Waals surface area contributed by atoms with Crippen molar-refractivity contribution in [2.45, 2.75) is 34.1 Å². The average Bonchev–Trinajstić information content (AvgIpc) is 2.65. The van der Waals surface area contributed by atoms with E-state index in [1.807, 2.05) is 11.7 Å². The van der Waals surface area contributed by atoms with E-state index in [1.165, 1.54) is 10.9 Å². The Hall–Kier alpha value is -1.51. The maximum atomic E-state index is 5.94. The van der Waals surface area contributed by atoms with Crippen LogP contribution in [0.5, 0.6) is 5.75 Å². The lowest BCUT2D eigenvalue weighted by atomic mass is 10.0. The lowest BCUT2D eigenvalue weighted by Crippen LogP contribution is -2.05. The fourth-order valence-corrected chi connectivity index (χ4v) is 2.24. The first-order valence-electron chi connectivity index (χ1n) is 7.04. The molecule has 2 rings (SSSR count). The number of benzene rings is 1. The first kappa shape index (κ1) is 13.9. The van der Waals surface area contributed by atoms with Crippen LogP contribution in [0.1, 0.15) is 33.3 Å². The number of hydrogen-bond donors (Lipinski definition) is 0. The number of aryl methyl sites for hydroxylation is 1. The molecular weight excluding hydrogens is 236 g/mol. The largest absolute Gasteiger partial charge is 0.491 e. The molecule has 19 heavy (non-hydrogen) atoms. The van der Waals surface area contributed by atoms with Gasteiger partial charge in [-0.2, -0.15) is 5.10 Å². The van der Waals surface area contributed by atoms with Crippen molar-refractivity contribution in [3.05, 3.63) is 23.9 Å². The summed E-state index contributed by atoms with van der Waals surface area (Å²) < 4.78 is 7.79. The van der Waals surface area contributed by atoms with Gasteiger partial charge in [-0.05, 0) is 36.0 Å². The molecule has 104 valence electrons. The fourth-order valence-electron chi connectivity index (χ4n) is 2.24. The third-order valence-electron chi connectivity index (χ3n) is 2.96. The van der Waals surface area contributed by atoms with Crippen LogP contribution in [0.2, 0.25) is 0 Å². The van der Waals surface area contributed by atoms with Crippen molar-refractivity contribution in [1.29, 1.82) is 0 Å². The summed E-state index contributed by atoms with van der Waals surface area (Å²) in [6.45, 7) is 9.53. The minimum Gasteiger partial charge on any atom is -0.491 e. The van der Waals surface area contributed by atoms with Crippen LogP contribution in [0.15, 0.2) is 18.3 Å². The molecule has 0 fully saturated rings. The lowest BCUT2D eigenvalue weighted by Gasteiger charge is -2.12. The first-order valence-corrected chi connectivity index (χ1v) is 7.04. The Morgan fingerprint density at radius 2 is 1.89 bits per heavy atom. The second-order valence-electron chi connectivity index (χ2n) is 6.14. The Morgan fingerprint density at radius 3 is 2.53 bits per heavy atom. The smallest absolute Gasteiger partial charge is 0.147 e. The predicted molar refractivity (Wildman–Crippen MR) is 79.6 cm³/mol. The third kappa shape index (κ3) is 3.49. The van der Waals surface area contributed by atoms with E-state index < -0.39 is 0 Å². The summed E-state index contributed by atoms with van der Waals surface area (Å²) in [7, 11) is 1.95. The molecular formula is C16H24N2O. The monoisotopic (exact) mass is 260 g/mol. The van der Waals surface area contributed by atoms with Crippen LogP contribution >= 0.6 is 0 Å². The van der Waals surface area contributed by atoms with Crippen molar-refractivity contribution in [1.82, 2.24) is 9.78 Å². The third-order valence-corrected chi connectivity index (χ3v) is 2.96. The molecule has 0 saturated heterocycles. The topological polar surface area (TPSA) is 27.1 Å². The Morgan fingerprint density at radius 1 is 1.16 bits per heavy atom. The van der Waals surface area contributed by atoms with E-state index in [2.05, 4.69) is 51.1 Å². The number of hydrogen-bond acceptors (Lipinski definition) is 2. The van der Waals surface area contributed by atoms with Crippen molar-refractivity contribution in [3.63, 3.8) is 0 Å². The average molecular weight is 260 g/mol. The van der Waals surface area contributed by atoms with Crippen LogP contribution in [-0.4, -0.2) is 16.4 Å². The second kappa shape index (κ2) is 5.64. The first-order chi connectivity index (χ1) is 8.95. The van der Waals surface area contributed by atoms with E-state index in [1.54, 1.807) is 0 Å². The van der Waals surface area contributed by atoms with E-state index >= 15 is 0 Å². The standard InChI is InChI=1S/C16H24N2O/c1-11(2)6-13-7-14-9-18(5)17-16(14)15(8-13)19-10-12(3)4/h7-9,11-12H,6,10H2,1-5H3. The summed E-state index contributed by atoms with van der Waals surface area (Å²) in [6.07, 6.45) is 3.13. The van der Waals surface area contributed by atoms with Crippen molar-refractivity contribution in [2.24, 2.45) is 18.9 Å². The molecule has 3 heteroatoms. The van der Waals surface area contributed by atoms with E-state index in [-0.39, 0.29) is 0 Å². The summed E-state index contributed by atoms with van der Waals surface area (Å²) in [4.78, 5) is 0. The van der Waals surface area contributed by atoms with Crippen LogP contribution in [0, 0.1) is 11.8 Å². The van der Waals surface area contributed by atoms with Gasteiger partial charge in [-0.3, -0.25) is 4.68 Å². The van der Waals surface area contributed by atoms with Crippen LogP contribution in [0.25, 0.3) is 10.9 Å². The molecule has 0 radical (unpaired) electrons. The summed E-state index contributed by atoms with van der Waals surface area (Å²) in [6, 6.07) is 4.38. The fraction of sp³-hybridized carbons (Fsp3) is 0.562. The zero-order valence-electron chi connectivity index (χ0n) is 12.6. The molecule has 0 amide bonds. The molecule has 0 aliphatic carbocycles. The number of rotatable bonds is 5. The van der Waals surface area contributed by atoms with Gasteiger partial charge in [-0.15, -0.1) is 0 Å². The van der Waals surface area contributed by atoms with Crippen LogP contribution < -0.4 is 4.74 Å². The molecule has 0 saturated carbocycles. The van der Waals surface area contributed by atoms with Gasteiger partial charge in [0.1, 0.15) is 11.3 Å². The maximum Gasteiger partial charge on any atom is 0.147 e. The van der Waals surface area contributed by atoms with Crippen molar-refractivity contribution < 1.29 is 4.74 Å². The molecule has 0 aliphatic rings. The summed E-state index contributed by atoms with van der Waals surface area (Å²) in [5.41, 5.74) is 2.30. The Balaban J connectivity index is 2.39. The number of fused-ring (bicyclic) bond motifs is 1. The minimum absolute atomic E-state index is 0.521. The van der Waals surface area contributed by atoms with Gasteiger partial charge in [-0.1, -0.05) is 27.7 Å². The zero-order chi connectivity index (χ0) is 14.0. The van der Waals surface area contributed by atoms with Gasteiger partial charge >= 0.3 is 0 Å². The highest BCUT2D eigenvalue weighted by molar-refractivity contribution is 5.85. The van der Waals surface area contributed by atoms with Crippen LogP contribution in [0.3, 0.4) is 0 Å². The highest BCUT2D eigenvalue weighted by Crippen LogP contribution is 2.28.